The fourth-order valence-electron chi connectivity index (χ4n) is 3.69. The van der Waals surface area contributed by atoms with E-state index in [1.54, 1.807) is 55.5 Å². The number of nitrogens with zero attached hydrogens (tertiary/aromatic N) is 1. The topological polar surface area (TPSA) is 86.2 Å². The minimum absolute atomic E-state index is 0.379. The maximum atomic E-state index is 12.4. The molecule has 1 atom stereocenters. The molecule has 0 aromatic heterocycles. The molecule has 1 amide bonds. The number of carbonyl (C=O) groups is 2. The maximum Gasteiger partial charge on any atom is 0.343 e. The number of amides is 1. The fraction of sp³-hybridized carbons (Fsp3) is 0.182. The normalized spacial score (nSPS) is 11.6. The van der Waals surface area contributed by atoms with Crippen molar-refractivity contribution < 1.29 is 23.8 Å². The average molecular weight is 537 g/mol. The van der Waals surface area contributed by atoms with Crippen LogP contribution in [0.25, 0.3) is 11.1 Å². The lowest BCUT2D eigenvalue weighted by Gasteiger charge is -2.13. The quantitative estimate of drug-likeness (QED) is 0.0719. The van der Waals surface area contributed by atoms with Crippen LogP contribution in [0, 0.1) is 0 Å². The standard InChI is InChI=1S/C33H32N2O5/c1-3-4-22-38-29-18-14-28(15-19-29)33(37)40-31-16-10-25(11-17-31)23-34-35-32(36)24(2)39-30-20-12-27(13-21-30)26-8-6-5-7-9-26/h5-21,23-24H,3-4,22H2,1-2H3,(H,35,36)/b34-23+. The molecule has 0 radical (unpaired) electrons. The van der Waals surface area contributed by atoms with Crippen molar-refractivity contribution in [3.8, 4) is 28.4 Å². The van der Waals surface area contributed by atoms with Crippen molar-refractivity contribution in [3.63, 3.8) is 0 Å². The molecule has 1 unspecified atom stereocenters. The van der Waals surface area contributed by atoms with E-state index >= 15 is 0 Å². The highest BCUT2D eigenvalue weighted by Gasteiger charge is 2.14. The zero-order valence-electron chi connectivity index (χ0n) is 22.6. The zero-order valence-corrected chi connectivity index (χ0v) is 22.6. The van der Waals surface area contributed by atoms with Crippen LogP contribution in [0.1, 0.15) is 42.6 Å². The van der Waals surface area contributed by atoms with Crippen LogP contribution >= 0.6 is 0 Å². The van der Waals surface area contributed by atoms with Gasteiger partial charge in [0.2, 0.25) is 0 Å². The van der Waals surface area contributed by atoms with Gasteiger partial charge in [0.25, 0.3) is 5.91 Å². The Kier molecular flexibility index (Phi) is 10.0. The smallest absolute Gasteiger partial charge is 0.343 e. The highest BCUT2D eigenvalue weighted by atomic mass is 16.5. The molecule has 0 spiro atoms. The first-order valence-electron chi connectivity index (χ1n) is 13.2. The second-order valence-corrected chi connectivity index (χ2v) is 9.07. The van der Waals surface area contributed by atoms with Crippen LogP contribution in [0.15, 0.2) is 108 Å². The predicted molar refractivity (Wildman–Crippen MR) is 156 cm³/mol. The van der Waals surface area contributed by atoms with Gasteiger partial charge in [-0.1, -0.05) is 55.8 Å². The Morgan fingerprint density at radius 2 is 1.43 bits per heavy atom. The number of unbranched alkanes of at least 4 members (excludes halogenated alkanes) is 1. The van der Waals surface area contributed by atoms with Gasteiger partial charge in [0.1, 0.15) is 17.2 Å². The summed E-state index contributed by atoms with van der Waals surface area (Å²) >= 11 is 0. The third-order valence-corrected chi connectivity index (χ3v) is 5.98. The molecule has 0 aliphatic carbocycles. The number of hydrogen-bond donors (Lipinski definition) is 1. The van der Waals surface area contributed by atoms with Crippen LogP contribution in [0.3, 0.4) is 0 Å². The summed E-state index contributed by atoms with van der Waals surface area (Å²) < 4.78 is 16.8. The molecule has 0 saturated carbocycles. The second-order valence-electron chi connectivity index (χ2n) is 9.07. The van der Waals surface area contributed by atoms with Crippen LogP contribution in [-0.4, -0.2) is 30.8 Å². The van der Waals surface area contributed by atoms with E-state index in [-0.39, 0.29) is 5.91 Å². The molecular weight excluding hydrogens is 504 g/mol. The van der Waals surface area contributed by atoms with Gasteiger partial charge in [-0.15, -0.1) is 0 Å². The number of esters is 1. The average Bonchev–Trinajstić information content (AvgIpc) is 2.99. The van der Waals surface area contributed by atoms with Crippen LogP contribution < -0.4 is 19.6 Å². The first-order valence-corrected chi connectivity index (χ1v) is 13.2. The van der Waals surface area contributed by atoms with Crippen LogP contribution in [0.5, 0.6) is 17.2 Å². The lowest BCUT2D eigenvalue weighted by molar-refractivity contribution is -0.127. The third kappa shape index (κ3) is 8.30. The molecule has 4 rings (SSSR count). The molecule has 0 bridgehead atoms. The summed E-state index contributed by atoms with van der Waals surface area (Å²) in [7, 11) is 0. The van der Waals surface area contributed by atoms with E-state index in [0.717, 1.165) is 35.3 Å². The Bertz CT molecular complexity index is 1400. The van der Waals surface area contributed by atoms with E-state index in [1.165, 1.54) is 6.21 Å². The molecule has 0 aliphatic heterocycles. The highest BCUT2D eigenvalue weighted by Crippen LogP contribution is 2.23. The monoisotopic (exact) mass is 536 g/mol. The van der Waals surface area contributed by atoms with Crippen LogP contribution in [0.2, 0.25) is 0 Å². The lowest BCUT2D eigenvalue weighted by atomic mass is 10.1. The fourth-order valence-corrected chi connectivity index (χ4v) is 3.69. The Hall–Kier alpha value is -4.91. The van der Waals surface area contributed by atoms with Gasteiger partial charge < -0.3 is 14.2 Å². The summed E-state index contributed by atoms with van der Waals surface area (Å²) in [4.78, 5) is 24.9. The summed E-state index contributed by atoms with van der Waals surface area (Å²) in [6.45, 7) is 4.41. The molecule has 40 heavy (non-hydrogen) atoms. The van der Waals surface area contributed by atoms with Gasteiger partial charge in [-0.25, -0.2) is 10.2 Å². The van der Waals surface area contributed by atoms with E-state index in [2.05, 4.69) is 17.5 Å². The number of benzene rings is 4. The van der Waals surface area contributed by atoms with E-state index in [9.17, 15) is 9.59 Å². The van der Waals surface area contributed by atoms with Crippen molar-refractivity contribution in [1.29, 1.82) is 0 Å². The summed E-state index contributed by atoms with van der Waals surface area (Å²) in [6, 6.07) is 31.3. The zero-order chi connectivity index (χ0) is 28.2. The summed E-state index contributed by atoms with van der Waals surface area (Å²) in [5.74, 6) is 0.870. The van der Waals surface area contributed by atoms with Gasteiger partial charge in [0.15, 0.2) is 6.10 Å². The van der Waals surface area contributed by atoms with Crippen LogP contribution in [-0.2, 0) is 4.79 Å². The SMILES string of the molecule is CCCCOc1ccc(C(=O)Oc2ccc(/C=N/NC(=O)C(C)Oc3ccc(-c4ccccc4)cc3)cc2)cc1. The summed E-state index contributed by atoms with van der Waals surface area (Å²) in [5, 5.41) is 4.01. The molecule has 4 aromatic rings. The number of nitrogens with one attached hydrogen (secondary N) is 1. The van der Waals surface area contributed by atoms with E-state index in [4.69, 9.17) is 14.2 Å². The van der Waals surface area contributed by atoms with E-state index < -0.39 is 12.1 Å². The van der Waals surface area contributed by atoms with Gasteiger partial charge in [0, 0.05) is 0 Å². The molecule has 0 aliphatic rings. The van der Waals surface area contributed by atoms with Gasteiger partial charge in [0.05, 0.1) is 18.4 Å². The molecule has 7 heteroatoms. The van der Waals surface area contributed by atoms with Gasteiger partial charge in [-0.05, 0) is 90.7 Å². The summed E-state index contributed by atoms with van der Waals surface area (Å²) in [6.07, 6.45) is 2.80. The van der Waals surface area contributed by atoms with Gasteiger partial charge in [-0.2, -0.15) is 5.10 Å². The molecule has 0 saturated heterocycles. The lowest BCUT2D eigenvalue weighted by Crippen LogP contribution is -2.33. The van der Waals surface area contributed by atoms with Crippen molar-refractivity contribution in [2.75, 3.05) is 6.61 Å². The minimum atomic E-state index is -0.738. The molecule has 0 heterocycles. The number of hydrogen-bond acceptors (Lipinski definition) is 6. The predicted octanol–water partition coefficient (Wildman–Crippen LogP) is 6.67. The molecule has 0 fully saturated rings. The highest BCUT2D eigenvalue weighted by molar-refractivity contribution is 5.91. The van der Waals surface area contributed by atoms with Gasteiger partial charge in [-0.3, -0.25) is 4.79 Å². The van der Waals surface area contributed by atoms with Crippen molar-refractivity contribution in [3.05, 3.63) is 114 Å². The maximum absolute atomic E-state index is 12.4. The Labute approximate surface area is 234 Å². The van der Waals surface area contributed by atoms with Crippen molar-refractivity contribution in [2.45, 2.75) is 32.8 Å². The van der Waals surface area contributed by atoms with Crippen LogP contribution in [0.4, 0.5) is 0 Å². The molecular formula is C33H32N2O5. The number of hydrazone groups is 1. The number of rotatable bonds is 12. The summed E-state index contributed by atoms with van der Waals surface area (Å²) in [5.41, 5.74) is 5.82. The number of carbonyl (C=O) groups excluding carboxylic acids is 2. The van der Waals surface area contributed by atoms with Crippen molar-refractivity contribution >= 4 is 18.1 Å². The third-order valence-electron chi connectivity index (χ3n) is 5.98. The molecule has 204 valence electrons. The van der Waals surface area contributed by atoms with Gasteiger partial charge >= 0.3 is 5.97 Å². The Morgan fingerprint density at radius 3 is 2.10 bits per heavy atom. The first kappa shape index (κ1) is 28.1. The molecule has 1 N–H and O–H groups in total. The Balaban J connectivity index is 1.22. The number of ether oxygens (including phenoxy) is 3. The van der Waals surface area contributed by atoms with Crippen molar-refractivity contribution in [2.24, 2.45) is 5.10 Å². The molecule has 4 aromatic carbocycles. The Morgan fingerprint density at radius 1 is 0.800 bits per heavy atom. The largest absolute Gasteiger partial charge is 0.494 e. The van der Waals surface area contributed by atoms with E-state index in [1.807, 2.05) is 54.6 Å². The second kappa shape index (κ2) is 14.3. The molecule has 7 nitrogen and oxygen atoms in total. The van der Waals surface area contributed by atoms with Crippen molar-refractivity contribution in [1.82, 2.24) is 5.43 Å². The first-order chi connectivity index (χ1) is 19.5. The minimum Gasteiger partial charge on any atom is -0.494 e. The van der Waals surface area contributed by atoms with E-state index in [0.29, 0.717) is 23.7 Å².